The van der Waals surface area contributed by atoms with Crippen LogP contribution in [0.3, 0.4) is 0 Å². The van der Waals surface area contributed by atoms with Crippen LogP contribution < -0.4 is 0 Å². The highest BCUT2D eigenvalue weighted by Gasteiger charge is 2.13. The number of carbonyl (C=O) groups is 2. The van der Waals surface area contributed by atoms with Gasteiger partial charge in [-0.3, -0.25) is 0 Å². The minimum absolute atomic E-state index is 0.0414. The Morgan fingerprint density at radius 2 is 2.00 bits per heavy atom. The molecule has 0 aromatic rings. The Balaban J connectivity index is 4.25. The van der Waals surface area contributed by atoms with Gasteiger partial charge in [-0.2, -0.15) is 0 Å². The van der Waals surface area contributed by atoms with E-state index < -0.39 is 11.9 Å². The van der Waals surface area contributed by atoms with Gasteiger partial charge in [-0.05, 0) is 19.8 Å². The highest BCUT2D eigenvalue weighted by molar-refractivity contribution is 6.01. The first-order chi connectivity index (χ1) is 7.02. The van der Waals surface area contributed by atoms with Gasteiger partial charge < -0.3 is 9.84 Å². The third-order valence-corrected chi connectivity index (χ3v) is 1.80. The molecule has 0 aliphatic heterocycles. The van der Waals surface area contributed by atoms with Gasteiger partial charge in [0.15, 0.2) is 0 Å². The molecule has 0 spiro atoms. The van der Waals surface area contributed by atoms with Crippen LogP contribution in [0.15, 0.2) is 23.8 Å². The number of carbonyl (C=O) groups excluding carboxylic acids is 2. The van der Waals surface area contributed by atoms with E-state index in [4.69, 9.17) is 5.11 Å². The van der Waals surface area contributed by atoms with Gasteiger partial charge in [-0.25, -0.2) is 9.59 Å². The van der Waals surface area contributed by atoms with E-state index in [9.17, 15) is 9.59 Å². The Bertz CT molecular complexity index is 289. The van der Waals surface area contributed by atoms with Crippen LogP contribution in [0.5, 0.6) is 0 Å². The molecule has 0 heterocycles. The number of ether oxygens (including phenoxy) is 1. The summed E-state index contributed by atoms with van der Waals surface area (Å²) < 4.78 is 4.53. The largest absolute Gasteiger partial charge is 0.396 e. The molecule has 0 bridgehead atoms. The van der Waals surface area contributed by atoms with E-state index in [0.29, 0.717) is 18.4 Å². The zero-order valence-electron chi connectivity index (χ0n) is 9.08. The lowest BCUT2D eigenvalue weighted by atomic mass is 10.2. The van der Waals surface area contributed by atoms with E-state index in [1.165, 1.54) is 13.0 Å². The predicted octanol–water partition coefficient (Wildman–Crippen LogP) is 1.35. The van der Waals surface area contributed by atoms with Gasteiger partial charge >= 0.3 is 11.9 Å². The minimum atomic E-state index is -0.695. The Labute approximate surface area is 89.2 Å². The van der Waals surface area contributed by atoms with Crippen molar-refractivity contribution in [3.8, 4) is 0 Å². The number of hydrogen-bond donors (Lipinski definition) is 1. The smallest absolute Gasteiger partial charge is 0.341 e. The van der Waals surface area contributed by atoms with Crippen LogP contribution in [0.25, 0.3) is 0 Å². The molecule has 84 valence electrons. The van der Waals surface area contributed by atoms with Crippen LogP contribution >= 0.6 is 0 Å². The molecule has 0 rings (SSSR count). The van der Waals surface area contributed by atoms with Gasteiger partial charge in [0, 0.05) is 17.8 Å². The lowest BCUT2D eigenvalue weighted by molar-refractivity contribution is -0.154. The molecule has 0 atom stereocenters. The van der Waals surface area contributed by atoms with Crippen LogP contribution in [0.1, 0.15) is 26.7 Å². The third-order valence-electron chi connectivity index (χ3n) is 1.80. The van der Waals surface area contributed by atoms with Crippen LogP contribution in [0.4, 0.5) is 0 Å². The summed E-state index contributed by atoms with van der Waals surface area (Å²) in [5.41, 5.74) is 0.569. The molecule has 4 nitrogen and oxygen atoms in total. The Hall–Kier alpha value is -1.42. The van der Waals surface area contributed by atoms with Crippen LogP contribution in [-0.4, -0.2) is 23.7 Å². The monoisotopic (exact) mass is 212 g/mol. The molecule has 0 saturated heterocycles. The molecular weight excluding hydrogens is 196 g/mol. The lowest BCUT2D eigenvalue weighted by Gasteiger charge is -2.03. The second-order valence-electron chi connectivity index (χ2n) is 3.03. The molecule has 0 saturated carbocycles. The maximum Gasteiger partial charge on any atom is 0.341 e. The highest BCUT2D eigenvalue weighted by atomic mass is 16.6. The molecule has 0 radical (unpaired) electrons. The SMILES string of the molecule is C=C(CC)C(=O)OC(=O)C(C)=CCCO. The summed E-state index contributed by atoms with van der Waals surface area (Å²) in [5, 5.41) is 8.53. The molecule has 0 aromatic carbocycles. The lowest BCUT2D eigenvalue weighted by Crippen LogP contribution is -2.14. The van der Waals surface area contributed by atoms with Crippen molar-refractivity contribution in [2.75, 3.05) is 6.61 Å². The first-order valence-electron chi connectivity index (χ1n) is 4.74. The van der Waals surface area contributed by atoms with Crippen molar-refractivity contribution in [3.05, 3.63) is 23.8 Å². The summed E-state index contributed by atoms with van der Waals surface area (Å²) in [6, 6.07) is 0. The van der Waals surface area contributed by atoms with E-state index in [2.05, 4.69) is 11.3 Å². The van der Waals surface area contributed by atoms with Crippen molar-refractivity contribution < 1.29 is 19.4 Å². The normalized spacial score (nSPS) is 11.0. The van der Waals surface area contributed by atoms with Gasteiger partial charge in [0.2, 0.25) is 0 Å². The van der Waals surface area contributed by atoms with E-state index in [-0.39, 0.29) is 12.2 Å². The second-order valence-corrected chi connectivity index (χ2v) is 3.03. The number of aliphatic hydroxyl groups excluding tert-OH is 1. The molecular formula is C11H16O4. The summed E-state index contributed by atoms with van der Waals surface area (Å²) in [5.74, 6) is -1.39. The van der Waals surface area contributed by atoms with Crippen molar-refractivity contribution in [3.63, 3.8) is 0 Å². The van der Waals surface area contributed by atoms with Crippen LogP contribution in [-0.2, 0) is 14.3 Å². The molecule has 1 N–H and O–H groups in total. The van der Waals surface area contributed by atoms with Crippen molar-refractivity contribution >= 4 is 11.9 Å². The van der Waals surface area contributed by atoms with Crippen LogP contribution in [0.2, 0.25) is 0 Å². The first-order valence-corrected chi connectivity index (χ1v) is 4.74. The summed E-state index contributed by atoms with van der Waals surface area (Å²) in [6.45, 7) is 6.70. The minimum Gasteiger partial charge on any atom is -0.396 e. The van der Waals surface area contributed by atoms with Crippen molar-refractivity contribution in [2.45, 2.75) is 26.7 Å². The fourth-order valence-electron chi connectivity index (χ4n) is 0.746. The summed E-state index contributed by atoms with van der Waals surface area (Å²) in [7, 11) is 0. The Morgan fingerprint density at radius 3 is 2.47 bits per heavy atom. The standard InChI is InChI=1S/C11H16O4/c1-4-8(2)10(13)15-11(14)9(3)6-5-7-12/h6,12H,2,4-5,7H2,1,3H3. The third kappa shape index (κ3) is 5.12. The predicted molar refractivity (Wildman–Crippen MR) is 56.0 cm³/mol. The topological polar surface area (TPSA) is 63.6 Å². The molecule has 0 aliphatic rings. The fraction of sp³-hybridized carbons (Fsp3) is 0.455. The zero-order valence-corrected chi connectivity index (χ0v) is 9.08. The van der Waals surface area contributed by atoms with Gasteiger partial charge in [0.1, 0.15) is 0 Å². The fourth-order valence-corrected chi connectivity index (χ4v) is 0.746. The molecule has 0 unspecified atom stereocenters. The summed E-state index contributed by atoms with van der Waals surface area (Å²) in [4.78, 5) is 22.4. The van der Waals surface area contributed by atoms with E-state index >= 15 is 0 Å². The van der Waals surface area contributed by atoms with Gasteiger partial charge in [-0.1, -0.05) is 19.6 Å². The zero-order chi connectivity index (χ0) is 11.8. The average molecular weight is 212 g/mol. The van der Waals surface area contributed by atoms with E-state index in [1.807, 2.05) is 0 Å². The molecule has 0 amide bonds. The number of esters is 2. The van der Waals surface area contributed by atoms with E-state index in [1.54, 1.807) is 6.92 Å². The Kier molecular flexibility index (Phi) is 6.29. The van der Waals surface area contributed by atoms with Gasteiger partial charge in [-0.15, -0.1) is 0 Å². The first kappa shape index (κ1) is 13.6. The van der Waals surface area contributed by atoms with E-state index in [0.717, 1.165) is 0 Å². The molecule has 0 aromatic heterocycles. The quantitative estimate of drug-likeness (QED) is 0.424. The molecule has 15 heavy (non-hydrogen) atoms. The summed E-state index contributed by atoms with van der Waals surface area (Å²) in [6.07, 6.45) is 2.33. The van der Waals surface area contributed by atoms with Gasteiger partial charge in [0.05, 0.1) is 0 Å². The average Bonchev–Trinajstić information content (AvgIpc) is 2.24. The summed E-state index contributed by atoms with van der Waals surface area (Å²) >= 11 is 0. The molecule has 0 aliphatic carbocycles. The Morgan fingerprint density at radius 1 is 1.40 bits per heavy atom. The number of aliphatic hydroxyl groups is 1. The van der Waals surface area contributed by atoms with Crippen molar-refractivity contribution in [2.24, 2.45) is 0 Å². The molecule has 4 heteroatoms. The highest BCUT2D eigenvalue weighted by Crippen LogP contribution is 2.04. The number of rotatable bonds is 5. The maximum atomic E-state index is 11.2. The van der Waals surface area contributed by atoms with Gasteiger partial charge in [0.25, 0.3) is 0 Å². The maximum absolute atomic E-state index is 11.2. The van der Waals surface area contributed by atoms with Crippen molar-refractivity contribution in [1.29, 1.82) is 0 Å². The number of hydrogen-bond acceptors (Lipinski definition) is 4. The van der Waals surface area contributed by atoms with Crippen LogP contribution in [0, 0.1) is 0 Å². The second kappa shape index (κ2) is 6.95. The van der Waals surface area contributed by atoms with Crippen molar-refractivity contribution in [1.82, 2.24) is 0 Å². The molecule has 0 fully saturated rings.